The lowest BCUT2D eigenvalue weighted by Gasteiger charge is -2.26. The Hall–Kier alpha value is -1.57. The first-order valence-electron chi connectivity index (χ1n) is 6.13. The number of ether oxygens (including phenoxy) is 1. The van der Waals surface area contributed by atoms with Gasteiger partial charge in [0.15, 0.2) is 0 Å². The largest absolute Gasteiger partial charge is 0.466 e. The Labute approximate surface area is 102 Å². The Kier molecular flexibility index (Phi) is 3.62. The molecular formula is C15H18O2. The molecule has 0 saturated carbocycles. The number of rotatable bonds is 4. The van der Waals surface area contributed by atoms with Gasteiger partial charge in [-0.1, -0.05) is 42.5 Å². The summed E-state index contributed by atoms with van der Waals surface area (Å²) in [5.74, 6) is -0.0612. The van der Waals surface area contributed by atoms with Crippen molar-refractivity contribution in [2.24, 2.45) is 5.41 Å². The van der Waals surface area contributed by atoms with Crippen molar-refractivity contribution in [1.29, 1.82) is 0 Å². The van der Waals surface area contributed by atoms with Crippen LogP contribution in [0.3, 0.4) is 0 Å². The lowest BCUT2D eigenvalue weighted by Crippen LogP contribution is -2.32. The van der Waals surface area contributed by atoms with E-state index in [4.69, 9.17) is 4.74 Å². The van der Waals surface area contributed by atoms with Gasteiger partial charge in [0, 0.05) is 0 Å². The third-order valence-corrected chi connectivity index (χ3v) is 3.28. The Balaban J connectivity index is 2.15. The number of hydrogen-bond acceptors (Lipinski definition) is 2. The molecule has 1 aliphatic carbocycles. The molecule has 0 aromatic heterocycles. The van der Waals surface area contributed by atoms with E-state index in [9.17, 15) is 4.79 Å². The van der Waals surface area contributed by atoms with Gasteiger partial charge in [-0.2, -0.15) is 0 Å². The van der Waals surface area contributed by atoms with Crippen LogP contribution in [0, 0.1) is 5.41 Å². The minimum atomic E-state index is -0.364. The lowest BCUT2D eigenvalue weighted by molar-refractivity contribution is -0.154. The highest BCUT2D eigenvalue weighted by atomic mass is 16.5. The fourth-order valence-electron chi connectivity index (χ4n) is 2.36. The van der Waals surface area contributed by atoms with Gasteiger partial charge in [0.1, 0.15) is 0 Å². The summed E-state index contributed by atoms with van der Waals surface area (Å²) in [7, 11) is 0. The molecular weight excluding hydrogens is 212 g/mol. The first-order chi connectivity index (χ1) is 8.27. The van der Waals surface area contributed by atoms with Crippen LogP contribution >= 0.6 is 0 Å². The summed E-state index contributed by atoms with van der Waals surface area (Å²) < 4.78 is 5.22. The van der Waals surface area contributed by atoms with Gasteiger partial charge >= 0.3 is 5.97 Å². The van der Waals surface area contributed by atoms with Crippen LogP contribution in [0.25, 0.3) is 0 Å². The molecule has 0 amide bonds. The second kappa shape index (κ2) is 5.17. The highest BCUT2D eigenvalue weighted by Gasteiger charge is 2.40. The van der Waals surface area contributed by atoms with Crippen molar-refractivity contribution in [2.75, 3.05) is 6.61 Å². The first-order valence-corrected chi connectivity index (χ1v) is 6.13. The molecule has 2 heteroatoms. The zero-order valence-electron chi connectivity index (χ0n) is 10.2. The summed E-state index contributed by atoms with van der Waals surface area (Å²) in [5, 5.41) is 0. The van der Waals surface area contributed by atoms with Gasteiger partial charge in [0.25, 0.3) is 0 Å². The van der Waals surface area contributed by atoms with E-state index in [1.54, 1.807) is 0 Å². The third-order valence-electron chi connectivity index (χ3n) is 3.28. The number of hydrogen-bond donors (Lipinski definition) is 0. The number of benzene rings is 1. The van der Waals surface area contributed by atoms with E-state index in [0.29, 0.717) is 6.61 Å². The van der Waals surface area contributed by atoms with E-state index in [1.807, 2.05) is 25.1 Å². The predicted octanol–water partition coefficient (Wildman–Crippen LogP) is 3.13. The van der Waals surface area contributed by atoms with Crippen LogP contribution in [-0.4, -0.2) is 12.6 Å². The highest BCUT2D eigenvalue weighted by Crippen LogP contribution is 2.38. The normalized spacial score (nSPS) is 17.0. The van der Waals surface area contributed by atoms with Gasteiger partial charge in [0.05, 0.1) is 12.0 Å². The van der Waals surface area contributed by atoms with Crippen LogP contribution in [0.5, 0.6) is 0 Å². The molecule has 90 valence electrons. The van der Waals surface area contributed by atoms with Crippen LogP contribution in [0.15, 0.2) is 42.5 Å². The number of carbonyl (C=O) groups excluding carboxylic acids is 1. The van der Waals surface area contributed by atoms with E-state index >= 15 is 0 Å². The van der Waals surface area contributed by atoms with Crippen molar-refractivity contribution < 1.29 is 9.53 Å². The second-order valence-corrected chi connectivity index (χ2v) is 4.54. The second-order valence-electron chi connectivity index (χ2n) is 4.54. The minimum absolute atomic E-state index is 0.0612. The van der Waals surface area contributed by atoms with Gasteiger partial charge in [-0.25, -0.2) is 0 Å². The Morgan fingerprint density at radius 1 is 1.24 bits per heavy atom. The fourth-order valence-corrected chi connectivity index (χ4v) is 2.36. The van der Waals surface area contributed by atoms with Crippen LogP contribution in [0.4, 0.5) is 0 Å². The molecule has 1 aromatic rings. The summed E-state index contributed by atoms with van der Waals surface area (Å²) in [6, 6.07) is 10.2. The molecule has 0 saturated heterocycles. The van der Waals surface area contributed by atoms with Crippen molar-refractivity contribution >= 4 is 5.97 Å². The molecule has 0 bridgehead atoms. The molecule has 0 aliphatic heterocycles. The molecule has 17 heavy (non-hydrogen) atoms. The van der Waals surface area contributed by atoms with Gasteiger partial charge in [-0.05, 0) is 31.7 Å². The van der Waals surface area contributed by atoms with Crippen molar-refractivity contribution in [2.45, 2.75) is 26.2 Å². The molecule has 0 unspecified atom stereocenters. The van der Waals surface area contributed by atoms with E-state index < -0.39 is 0 Å². The summed E-state index contributed by atoms with van der Waals surface area (Å²) in [6.07, 6.45) is 6.51. The summed E-state index contributed by atoms with van der Waals surface area (Å²) in [4.78, 5) is 12.1. The molecule has 2 nitrogen and oxygen atoms in total. The quantitative estimate of drug-likeness (QED) is 0.586. The van der Waals surface area contributed by atoms with Crippen LogP contribution in [0.2, 0.25) is 0 Å². The van der Waals surface area contributed by atoms with Crippen LogP contribution < -0.4 is 0 Å². The van der Waals surface area contributed by atoms with E-state index in [1.165, 1.54) is 5.56 Å². The average Bonchev–Trinajstić information content (AvgIpc) is 2.80. The van der Waals surface area contributed by atoms with Crippen LogP contribution in [-0.2, 0) is 16.0 Å². The number of carbonyl (C=O) groups is 1. The van der Waals surface area contributed by atoms with Crippen molar-refractivity contribution in [3.8, 4) is 0 Å². The van der Waals surface area contributed by atoms with E-state index in [-0.39, 0.29) is 11.4 Å². The molecule has 0 spiro atoms. The van der Waals surface area contributed by atoms with E-state index in [0.717, 1.165) is 19.3 Å². The number of esters is 1. The molecule has 2 rings (SSSR count). The van der Waals surface area contributed by atoms with Crippen molar-refractivity contribution in [3.63, 3.8) is 0 Å². The highest BCUT2D eigenvalue weighted by molar-refractivity contribution is 5.78. The monoisotopic (exact) mass is 230 g/mol. The molecule has 1 aliphatic rings. The maximum absolute atomic E-state index is 12.1. The van der Waals surface area contributed by atoms with Crippen molar-refractivity contribution in [1.82, 2.24) is 0 Å². The zero-order valence-corrected chi connectivity index (χ0v) is 10.2. The summed E-state index contributed by atoms with van der Waals surface area (Å²) >= 11 is 0. The first kappa shape index (κ1) is 11.9. The lowest BCUT2D eigenvalue weighted by atomic mass is 9.79. The molecule has 0 heterocycles. The van der Waals surface area contributed by atoms with Gasteiger partial charge in [-0.15, -0.1) is 0 Å². The fraction of sp³-hybridized carbons (Fsp3) is 0.400. The van der Waals surface area contributed by atoms with Crippen LogP contribution in [0.1, 0.15) is 25.3 Å². The number of allylic oxidation sites excluding steroid dienone is 2. The maximum atomic E-state index is 12.1. The molecule has 0 fully saturated rings. The third kappa shape index (κ3) is 2.57. The SMILES string of the molecule is CCOC(=O)C1(Cc2ccccc2)CC=CC1. The van der Waals surface area contributed by atoms with E-state index in [2.05, 4.69) is 24.3 Å². The standard InChI is InChI=1S/C15H18O2/c1-2-17-14(16)15(10-6-7-11-15)12-13-8-4-3-5-9-13/h3-9H,2,10-12H2,1H3. The minimum Gasteiger partial charge on any atom is -0.466 e. The smallest absolute Gasteiger partial charge is 0.313 e. The molecule has 1 aromatic carbocycles. The Morgan fingerprint density at radius 3 is 2.47 bits per heavy atom. The molecule has 0 N–H and O–H groups in total. The Morgan fingerprint density at radius 2 is 1.88 bits per heavy atom. The Bertz CT molecular complexity index is 398. The van der Waals surface area contributed by atoms with Crippen molar-refractivity contribution in [3.05, 3.63) is 48.0 Å². The predicted molar refractivity (Wildman–Crippen MR) is 67.6 cm³/mol. The average molecular weight is 230 g/mol. The summed E-state index contributed by atoms with van der Waals surface area (Å²) in [6.45, 7) is 2.31. The molecule has 0 atom stereocenters. The molecule has 0 radical (unpaired) electrons. The maximum Gasteiger partial charge on any atom is 0.313 e. The van der Waals surface area contributed by atoms with Gasteiger partial charge in [0.2, 0.25) is 0 Å². The van der Waals surface area contributed by atoms with Gasteiger partial charge < -0.3 is 4.74 Å². The topological polar surface area (TPSA) is 26.3 Å². The summed E-state index contributed by atoms with van der Waals surface area (Å²) in [5.41, 5.74) is 0.835. The zero-order chi connectivity index (χ0) is 12.1. The van der Waals surface area contributed by atoms with Gasteiger partial charge in [-0.3, -0.25) is 4.79 Å².